The van der Waals surface area contributed by atoms with Gasteiger partial charge in [0.2, 0.25) is 0 Å². The highest BCUT2D eigenvalue weighted by Gasteiger charge is 2.08. The minimum atomic E-state index is -0.477. The number of nitrogens with zero attached hydrogens (tertiary/aromatic N) is 1. The zero-order valence-corrected chi connectivity index (χ0v) is 10.5. The third kappa shape index (κ3) is 2.08. The molecule has 2 heterocycles. The van der Waals surface area contributed by atoms with E-state index in [0.717, 1.165) is 16.6 Å². The highest BCUT2D eigenvalue weighted by molar-refractivity contribution is 5.96. The maximum atomic E-state index is 11.1. The fourth-order valence-corrected chi connectivity index (χ4v) is 2.10. The van der Waals surface area contributed by atoms with Crippen LogP contribution in [0.15, 0.2) is 42.5 Å². The monoisotopic (exact) mass is 251 g/mol. The average Bonchev–Trinajstić information content (AvgIpc) is 2.81. The van der Waals surface area contributed by atoms with Gasteiger partial charge in [0.1, 0.15) is 11.3 Å². The zero-order chi connectivity index (χ0) is 13.4. The number of amides is 1. The SMILES string of the molecule is Cc1cccc(-c2ccc3cc(C(N)=O)[nH]c3n2)c1. The molecule has 2 aromatic heterocycles. The van der Waals surface area contributed by atoms with Crippen LogP contribution < -0.4 is 5.73 Å². The van der Waals surface area contributed by atoms with Crippen LogP contribution in [0.3, 0.4) is 0 Å². The summed E-state index contributed by atoms with van der Waals surface area (Å²) in [5.74, 6) is -0.477. The van der Waals surface area contributed by atoms with Crippen molar-refractivity contribution in [3.63, 3.8) is 0 Å². The van der Waals surface area contributed by atoms with Crippen LogP contribution in [-0.4, -0.2) is 15.9 Å². The highest BCUT2D eigenvalue weighted by Crippen LogP contribution is 2.22. The van der Waals surface area contributed by atoms with E-state index in [1.807, 2.05) is 37.3 Å². The smallest absolute Gasteiger partial charge is 0.265 e. The molecule has 1 amide bonds. The Kier molecular flexibility index (Phi) is 2.56. The first-order valence-electron chi connectivity index (χ1n) is 6.00. The molecule has 0 aliphatic heterocycles. The van der Waals surface area contributed by atoms with Crippen LogP contribution in [0.2, 0.25) is 0 Å². The van der Waals surface area contributed by atoms with Crippen LogP contribution in [0.4, 0.5) is 0 Å². The summed E-state index contributed by atoms with van der Waals surface area (Å²) < 4.78 is 0. The van der Waals surface area contributed by atoms with Crippen LogP contribution >= 0.6 is 0 Å². The number of aromatic nitrogens is 2. The van der Waals surface area contributed by atoms with E-state index < -0.39 is 5.91 Å². The van der Waals surface area contributed by atoms with E-state index in [1.54, 1.807) is 6.07 Å². The number of carbonyl (C=O) groups excluding carboxylic acids is 1. The Bertz CT molecular complexity index is 774. The van der Waals surface area contributed by atoms with Gasteiger partial charge in [-0.15, -0.1) is 0 Å². The predicted octanol–water partition coefficient (Wildman–Crippen LogP) is 2.64. The summed E-state index contributed by atoms with van der Waals surface area (Å²) in [6, 6.07) is 13.7. The number of aryl methyl sites for hydroxylation is 1. The third-order valence-electron chi connectivity index (χ3n) is 3.06. The summed E-state index contributed by atoms with van der Waals surface area (Å²) >= 11 is 0. The van der Waals surface area contributed by atoms with Gasteiger partial charge >= 0.3 is 0 Å². The minimum Gasteiger partial charge on any atom is -0.364 e. The molecule has 0 unspecified atom stereocenters. The van der Waals surface area contributed by atoms with Crippen molar-refractivity contribution in [3.8, 4) is 11.3 Å². The van der Waals surface area contributed by atoms with E-state index in [2.05, 4.69) is 16.0 Å². The second kappa shape index (κ2) is 4.24. The van der Waals surface area contributed by atoms with Gasteiger partial charge in [-0.3, -0.25) is 4.79 Å². The van der Waals surface area contributed by atoms with Crippen molar-refractivity contribution in [1.82, 2.24) is 9.97 Å². The largest absolute Gasteiger partial charge is 0.364 e. The molecular weight excluding hydrogens is 238 g/mol. The van der Waals surface area contributed by atoms with Gasteiger partial charge in [0.25, 0.3) is 5.91 Å². The second-order valence-corrected chi connectivity index (χ2v) is 4.55. The van der Waals surface area contributed by atoms with E-state index >= 15 is 0 Å². The molecular formula is C15H13N3O. The summed E-state index contributed by atoms with van der Waals surface area (Å²) in [4.78, 5) is 18.6. The molecule has 0 radical (unpaired) electrons. The summed E-state index contributed by atoms with van der Waals surface area (Å²) in [6.07, 6.45) is 0. The van der Waals surface area contributed by atoms with Crippen molar-refractivity contribution < 1.29 is 4.79 Å². The standard InChI is InChI=1S/C15H13N3O/c1-9-3-2-4-10(7-9)12-6-5-11-8-13(14(16)19)18-15(11)17-12/h2-8H,1H3,(H2,16,19)(H,17,18). The maximum Gasteiger partial charge on any atom is 0.265 e. The molecule has 0 saturated heterocycles. The Morgan fingerprint density at radius 2 is 2.05 bits per heavy atom. The lowest BCUT2D eigenvalue weighted by Gasteiger charge is -2.02. The Morgan fingerprint density at radius 3 is 2.79 bits per heavy atom. The van der Waals surface area contributed by atoms with E-state index in [4.69, 9.17) is 5.73 Å². The molecule has 0 atom stereocenters. The molecule has 4 nitrogen and oxygen atoms in total. The molecule has 1 aromatic carbocycles. The number of aromatic amines is 1. The Hall–Kier alpha value is -2.62. The zero-order valence-electron chi connectivity index (χ0n) is 10.5. The van der Waals surface area contributed by atoms with Crippen molar-refractivity contribution in [1.29, 1.82) is 0 Å². The minimum absolute atomic E-state index is 0.379. The van der Waals surface area contributed by atoms with Gasteiger partial charge in [0, 0.05) is 10.9 Å². The Labute approximate surface area is 110 Å². The molecule has 0 aliphatic rings. The first kappa shape index (κ1) is 11.5. The molecule has 4 heteroatoms. The molecule has 3 N–H and O–H groups in total. The van der Waals surface area contributed by atoms with Crippen molar-refractivity contribution in [2.75, 3.05) is 0 Å². The molecule has 3 rings (SSSR count). The normalized spacial score (nSPS) is 10.8. The van der Waals surface area contributed by atoms with Crippen LogP contribution in [0.5, 0.6) is 0 Å². The van der Waals surface area contributed by atoms with Gasteiger partial charge < -0.3 is 10.7 Å². The Balaban J connectivity index is 2.13. The molecule has 94 valence electrons. The molecule has 0 aliphatic carbocycles. The number of primary amides is 1. The van der Waals surface area contributed by atoms with Gasteiger partial charge in [-0.05, 0) is 31.2 Å². The summed E-state index contributed by atoms with van der Waals surface area (Å²) in [5.41, 5.74) is 9.41. The van der Waals surface area contributed by atoms with Crippen molar-refractivity contribution in [2.24, 2.45) is 5.73 Å². The maximum absolute atomic E-state index is 11.1. The summed E-state index contributed by atoms with van der Waals surface area (Å²) in [7, 11) is 0. The molecule has 0 spiro atoms. The predicted molar refractivity (Wildman–Crippen MR) is 74.8 cm³/mol. The van der Waals surface area contributed by atoms with Crippen LogP contribution in [-0.2, 0) is 0 Å². The fourth-order valence-electron chi connectivity index (χ4n) is 2.10. The van der Waals surface area contributed by atoms with E-state index in [-0.39, 0.29) is 0 Å². The van der Waals surface area contributed by atoms with Crippen molar-refractivity contribution in [2.45, 2.75) is 6.92 Å². The van der Waals surface area contributed by atoms with Gasteiger partial charge in [-0.2, -0.15) is 0 Å². The number of fused-ring (bicyclic) bond motifs is 1. The van der Waals surface area contributed by atoms with Gasteiger partial charge in [-0.25, -0.2) is 4.98 Å². The van der Waals surface area contributed by atoms with Crippen LogP contribution in [0.25, 0.3) is 22.3 Å². The lowest BCUT2D eigenvalue weighted by molar-refractivity contribution is 0.0996. The lowest BCUT2D eigenvalue weighted by Crippen LogP contribution is -2.10. The number of hydrogen-bond acceptors (Lipinski definition) is 2. The van der Waals surface area contributed by atoms with Gasteiger partial charge in [0.05, 0.1) is 5.69 Å². The number of benzene rings is 1. The quantitative estimate of drug-likeness (QED) is 0.735. The number of H-pyrrole nitrogens is 1. The van der Waals surface area contributed by atoms with Crippen LogP contribution in [0.1, 0.15) is 16.1 Å². The second-order valence-electron chi connectivity index (χ2n) is 4.55. The first-order chi connectivity index (χ1) is 9.13. The molecule has 19 heavy (non-hydrogen) atoms. The molecule has 0 bridgehead atoms. The first-order valence-corrected chi connectivity index (χ1v) is 6.00. The number of nitrogens with one attached hydrogen (secondary N) is 1. The number of nitrogens with two attached hydrogens (primary N) is 1. The van der Waals surface area contributed by atoms with E-state index in [1.165, 1.54) is 5.56 Å². The highest BCUT2D eigenvalue weighted by atomic mass is 16.1. The fraction of sp³-hybridized carbons (Fsp3) is 0.0667. The van der Waals surface area contributed by atoms with Gasteiger partial charge in [-0.1, -0.05) is 23.8 Å². The van der Waals surface area contributed by atoms with Gasteiger partial charge in [0.15, 0.2) is 0 Å². The number of carbonyl (C=O) groups is 1. The number of hydrogen-bond donors (Lipinski definition) is 2. The number of pyridine rings is 1. The Morgan fingerprint density at radius 1 is 1.21 bits per heavy atom. The summed E-state index contributed by atoms with van der Waals surface area (Å²) in [5, 5.41) is 0.880. The third-order valence-corrected chi connectivity index (χ3v) is 3.06. The summed E-state index contributed by atoms with van der Waals surface area (Å²) in [6.45, 7) is 2.04. The van der Waals surface area contributed by atoms with Crippen molar-refractivity contribution >= 4 is 16.9 Å². The molecule has 0 fully saturated rings. The topological polar surface area (TPSA) is 71.8 Å². The molecule has 0 saturated carbocycles. The lowest BCUT2D eigenvalue weighted by atomic mass is 10.1. The number of rotatable bonds is 2. The van der Waals surface area contributed by atoms with E-state index in [9.17, 15) is 4.79 Å². The molecule has 3 aromatic rings. The van der Waals surface area contributed by atoms with Crippen molar-refractivity contribution in [3.05, 3.63) is 53.7 Å². The average molecular weight is 251 g/mol. The van der Waals surface area contributed by atoms with Crippen LogP contribution in [0, 0.1) is 6.92 Å². The van der Waals surface area contributed by atoms with E-state index in [0.29, 0.717) is 11.3 Å².